The molecule has 0 saturated carbocycles. The number of carbonyl (C=O) groups excluding carboxylic acids is 1. The number of rotatable bonds is 4. The predicted octanol–water partition coefficient (Wildman–Crippen LogP) is 0.875. The first-order chi connectivity index (χ1) is 14.6. The molecule has 30 heavy (non-hydrogen) atoms. The summed E-state index contributed by atoms with van der Waals surface area (Å²) in [5, 5.41) is 0.0667. The van der Waals surface area contributed by atoms with Gasteiger partial charge in [-0.1, -0.05) is 0 Å². The molecule has 0 aliphatic carbocycles. The van der Waals surface area contributed by atoms with E-state index in [0.717, 1.165) is 0 Å². The highest BCUT2D eigenvalue weighted by atomic mass is 16.5. The van der Waals surface area contributed by atoms with E-state index in [2.05, 4.69) is 4.98 Å². The molecule has 0 saturated heterocycles. The van der Waals surface area contributed by atoms with E-state index in [1.165, 1.54) is 23.2 Å². The summed E-state index contributed by atoms with van der Waals surface area (Å²) in [7, 11) is 0. The Morgan fingerprint density at radius 1 is 1.27 bits per heavy atom. The average molecular weight is 409 g/mol. The highest BCUT2D eigenvalue weighted by Crippen LogP contribution is 2.38. The lowest BCUT2D eigenvalue weighted by Crippen LogP contribution is -2.37. The molecular formula is C20H15N3O7. The lowest BCUT2D eigenvalue weighted by Gasteiger charge is -2.19. The molecule has 2 N–H and O–H groups in total. The van der Waals surface area contributed by atoms with E-state index in [0.29, 0.717) is 11.5 Å². The van der Waals surface area contributed by atoms with Crippen LogP contribution in [0.25, 0.3) is 17.5 Å². The Hall–Kier alpha value is -4.21. The largest absolute Gasteiger partial charge is 0.468 e. The molecule has 0 spiro atoms. The van der Waals surface area contributed by atoms with Gasteiger partial charge in [0.05, 0.1) is 19.1 Å². The highest BCUT2D eigenvalue weighted by molar-refractivity contribution is 6.12. The lowest BCUT2D eigenvalue weighted by atomic mass is 9.91. The van der Waals surface area contributed by atoms with Crippen LogP contribution >= 0.6 is 0 Å². The summed E-state index contributed by atoms with van der Waals surface area (Å²) in [5.74, 6) is -0.585. The number of nitrogens with two attached hydrogens (primary N) is 1. The molecule has 0 radical (unpaired) electrons. The molecule has 1 unspecified atom stereocenters. The number of furan rings is 2. The number of aromatic nitrogens is 2. The van der Waals surface area contributed by atoms with Crippen molar-refractivity contribution in [1.29, 1.82) is 0 Å². The smallest absolute Gasteiger partial charge is 0.362 e. The third-order valence-electron chi connectivity index (χ3n) is 4.63. The van der Waals surface area contributed by atoms with Gasteiger partial charge in [-0.15, -0.1) is 0 Å². The monoisotopic (exact) mass is 409 g/mol. The van der Waals surface area contributed by atoms with E-state index in [1.54, 1.807) is 31.2 Å². The maximum atomic E-state index is 12.9. The number of hydrogen-bond acceptors (Lipinski definition) is 9. The molecule has 0 bridgehead atoms. The number of oxazole rings is 2. The fraction of sp³-hybridized carbons (Fsp3) is 0.150. The van der Waals surface area contributed by atoms with Gasteiger partial charge in [0.15, 0.2) is 0 Å². The van der Waals surface area contributed by atoms with Gasteiger partial charge < -0.3 is 28.1 Å². The Morgan fingerprint density at radius 3 is 2.77 bits per heavy atom. The second kappa shape index (κ2) is 6.69. The molecule has 10 heteroatoms. The van der Waals surface area contributed by atoms with Crippen LogP contribution in [0, 0.1) is 0 Å². The molecule has 5 rings (SSSR count). The van der Waals surface area contributed by atoms with Gasteiger partial charge in [-0.25, -0.2) is 14.2 Å². The van der Waals surface area contributed by atoms with Gasteiger partial charge >= 0.3 is 11.6 Å². The second-order valence-electron chi connectivity index (χ2n) is 6.40. The van der Waals surface area contributed by atoms with Crippen molar-refractivity contribution >= 4 is 23.6 Å². The van der Waals surface area contributed by atoms with Crippen LogP contribution in [0.5, 0.6) is 0 Å². The van der Waals surface area contributed by atoms with Crippen molar-refractivity contribution in [3.05, 3.63) is 75.3 Å². The van der Waals surface area contributed by atoms with Crippen LogP contribution in [0.3, 0.4) is 0 Å². The van der Waals surface area contributed by atoms with Gasteiger partial charge in [0, 0.05) is 6.08 Å². The third kappa shape index (κ3) is 2.61. The summed E-state index contributed by atoms with van der Waals surface area (Å²) in [4.78, 5) is 29.9. The number of ether oxygens (including phenoxy) is 1. The zero-order valence-corrected chi connectivity index (χ0v) is 15.7. The Labute approximate surface area is 167 Å². The fourth-order valence-electron chi connectivity index (χ4n) is 3.49. The molecule has 152 valence electrons. The Kier molecular flexibility index (Phi) is 3.98. The van der Waals surface area contributed by atoms with Crippen LogP contribution in [0.4, 0.5) is 6.01 Å². The lowest BCUT2D eigenvalue weighted by molar-refractivity contribution is -0.136. The van der Waals surface area contributed by atoms with Gasteiger partial charge in [-0.05, 0) is 31.2 Å². The van der Waals surface area contributed by atoms with Crippen LogP contribution in [0.1, 0.15) is 30.1 Å². The number of anilines is 1. The topological polar surface area (TPSA) is 140 Å². The summed E-state index contributed by atoms with van der Waals surface area (Å²) in [6.45, 7) is 1.80. The average Bonchev–Trinajstić information content (AvgIpc) is 3.49. The van der Waals surface area contributed by atoms with E-state index >= 15 is 0 Å². The van der Waals surface area contributed by atoms with Gasteiger partial charge in [0.2, 0.25) is 11.4 Å². The Bertz CT molecular complexity index is 1400. The van der Waals surface area contributed by atoms with Crippen molar-refractivity contribution in [2.75, 3.05) is 12.3 Å². The van der Waals surface area contributed by atoms with E-state index < -0.39 is 17.5 Å². The number of nitrogens with zero attached hydrogens (tertiary/aromatic N) is 2. The Balaban J connectivity index is 1.93. The quantitative estimate of drug-likeness (QED) is 0.486. The van der Waals surface area contributed by atoms with Crippen molar-refractivity contribution in [3.8, 4) is 5.88 Å². The number of hydrogen-bond donors (Lipinski definition) is 1. The zero-order chi connectivity index (χ0) is 20.8. The zero-order valence-electron chi connectivity index (χ0n) is 15.7. The standard InChI is InChI=1S/C20H15N3O7/c1-2-26-19(25)14-13(12-6-4-8-28-12)15-17(30-20(21)22-15)23-11(18(24)29-16(14)23)9-10-5-3-7-27-10/h3-9,13H,2H2,1H3,(H2,21,22)/b11-9+. The predicted molar refractivity (Wildman–Crippen MR) is 101 cm³/mol. The minimum absolute atomic E-state index is 0.0452. The number of fused-ring (bicyclic) bond motifs is 3. The van der Waals surface area contributed by atoms with E-state index in [1.807, 2.05) is 0 Å². The van der Waals surface area contributed by atoms with Crippen molar-refractivity contribution < 1.29 is 27.2 Å². The minimum atomic E-state index is -0.836. The van der Waals surface area contributed by atoms with Gasteiger partial charge in [-0.2, -0.15) is 4.98 Å². The third-order valence-corrected chi connectivity index (χ3v) is 4.63. The van der Waals surface area contributed by atoms with Gasteiger partial charge in [0.1, 0.15) is 34.1 Å². The first kappa shape index (κ1) is 17.9. The summed E-state index contributed by atoms with van der Waals surface area (Å²) in [5.41, 5.74) is 5.40. The Morgan fingerprint density at radius 2 is 2.07 bits per heavy atom. The molecule has 4 aromatic rings. The molecule has 1 atom stereocenters. The summed E-state index contributed by atoms with van der Waals surface area (Å²) in [6.07, 6.45) is 4.39. The molecule has 0 amide bonds. The van der Waals surface area contributed by atoms with E-state index in [4.69, 9.17) is 28.1 Å². The second-order valence-corrected chi connectivity index (χ2v) is 6.40. The SMILES string of the molecule is CCOC(=O)C1=c2oc(=O)/c(=C\c3ccco3)n2-c2oc(N)nc2C1c1ccco1. The first-order valence-corrected chi connectivity index (χ1v) is 9.07. The maximum absolute atomic E-state index is 12.9. The number of esters is 1. The summed E-state index contributed by atoms with van der Waals surface area (Å²) < 4.78 is 28.5. The highest BCUT2D eigenvalue weighted by Gasteiger charge is 2.41. The van der Waals surface area contributed by atoms with Crippen molar-refractivity contribution in [2.45, 2.75) is 12.8 Å². The normalized spacial score (nSPS) is 15.8. The van der Waals surface area contributed by atoms with Gasteiger partial charge in [-0.3, -0.25) is 0 Å². The van der Waals surface area contributed by atoms with Crippen LogP contribution in [0.2, 0.25) is 0 Å². The fourth-order valence-corrected chi connectivity index (χ4v) is 3.49. The van der Waals surface area contributed by atoms with Crippen molar-refractivity contribution in [1.82, 2.24) is 9.55 Å². The number of carbonyl (C=O) groups is 1. The van der Waals surface area contributed by atoms with Crippen LogP contribution in [-0.4, -0.2) is 22.1 Å². The molecular weight excluding hydrogens is 394 g/mol. The van der Waals surface area contributed by atoms with Gasteiger partial charge in [0.25, 0.3) is 6.01 Å². The number of nitrogen functional groups attached to an aromatic ring is 1. The molecule has 10 nitrogen and oxygen atoms in total. The summed E-state index contributed by atoms with van der Waals surface area (Å²) >= 11 is 0. The maximum Gasteiger partial charge on any atom is 0.362 e. The van der Waals surface area contributed by atoms with Crippen LogP contribution < -0.4 is 22.3 Å². The summed E-state index contributed by atoms with van der Waals surface area (Å²) in [6, 6.07) is 6.54. The first-order valence-electron chi connectivity index (χ1n) is 9.07. The molecule has 1 aliphatic rings. The molecule has 0 fully saturated rings. The molecule has 4 aromatic heterocycles. The molecule has 0 aromatic carbocycles. The van der Waals surface area contributed by atoms with Crippen molar-refractivity contribution in [2.24, 2.45) is 0 Å². The minimum Gasteiger partial charge on any atom is -0.468 e. The molecule has 5 heterocycles. The van der Waals surface area contributed by atoms with Crippen LogP contribution in [0.15, 0.2) is 59.3 Å². The van der Waals surface area contributed by atoms with Crippen molar-refractivity contribution in [3.63, 3.8) is 0 Å². The van der Waals surface area contributed by atoms with E-state index in [-0.39, 0.29) is 40.7 Å². The van der Waals surface area contributed by atoms with Crippen LogP contribution in [-0.2, 0) is 9.53 Å². The van der Waals surface area contributed by atoms with E-state index in [9.17, 15) is 9.59 Å². The molecule has 1 aliphatic heterocycles.